The molecule has 174 valence electrons. The number of methoxy groups -OCH3 is 1. The predicted molar refractivity (Wildman–Crippen MR) is 123 cm³/mol. The number of ether oxygens (including phenoxy) is 2. The van der Waals surface area contributed by atoms with Crippen molar-refractivity contribution >= 4 is 35.0 Å². The van der Waals surface area contributed by atoms with Crippen LogP contribution in [-0.2, 0) is 16.1 Å². The van der Waals surface area contributed by atoms with Crippen molar-refractivity contribution in [2.45, 2.75) is 38.8 Å². The minimum atomic E-state index is -0.643. The number of fused-ring (bicyclic) bond motifs is 1. The summed E-state index contributed by atoms with van der Waals surface area (Å²) in [6.45, 7) is 2.47. The molecule has 1 aliphatic carbocycles. The summed E-state index contributed by atoms with van der Waals surface area (Å²) in [7, 11) is 1.54. The first kappa shape index (κ1) is 22.9. The Morgan fingerprint density at radius 3 is 2.64 bits per heavy atom. The highest BCUT2D eigenvalue weighted by Crippen LogP contribution is 2.42. The zero-order chi connectivity index (χ0) is 23.7. The molecule has 2 aromatic rings. The van der Waals surface area contributed by atoms with Crippen molar-refractivity contribution in [3.63, 3.8) is 0 Å². The molecule has 0 radical (unpaired) electrons. The highest BCUT2D eigenvalue weighted by Gasteiger charge is 2.39. The van der Waals surface area contributed by atoms with E-state index < -0.39 is 11.9 Å². The number of hydrogen-bond donors (Lipinski definition) is 2. The van der Waals surface area contributed by atoms with Gasteiger partial charge in [-0.15, -0.1) is 0 Å². The third kappa shape index (κ3) is 4.61. The molecule has 1 aliphatic heterocycles. The van der Waals surface area contributed by atoms with Gasteiger partial charge in [-0.25, -0.2) is 0 Å². The van der Waals surface area contributed by atoms with Gasteiger partial charge in [-0.3, -0.25) is 14.4 Å². The van der Waals surface area contributed by atoms with Gasteiger partial charge < -0.3 is 25.4 Å². The molecule has 2 aromatic carbocycles. The lowest BCUT2D eigenvalue weighted by molar-refractivity contribution is -0.119. The Morgan fingerprint density at radius 2 is 2.00 bits per heavy atom. The highest BCUT2D eigenvalue weighted by molar-refractivity contribution is 6.32. The van der Waals surface area contributed by atoms with E-state index >= 15 is 0 Å². The van der Waals surface area contributed by atoms with E-state index in [4.69, 9.17) is 26.8 Å². The first-order valence-electron chi connectivity index (χ1n) is 10.9. The van der Waals surface area contributed by atoms with Gasteiger partial charge in [-0.2, -0.15) is 0 Å². The number of amides is 3. The molecule has 3 N–H and O–H groups in total. The van der Waals surface area contributed by atoms with Crippen LogP contribution in [0.25, 0.3) is 0 Å². The van der Waals surface area contributed by atoms with Crippen molar-refractivity contribution in [3.05, 3.63) is 52.0 Å². The quantitative estimate of drug-likeness (QED) is 0.579. The normalized spacial score (nSPS) is 15.7. The lowest BCUT2D eigenvalue weighted by Gasteiger charge is -2.28. The Bertz CT molecular complexity index is 1120. The minimum Gasteiger partial charge on any atom is -0.493 e. The molecule has 0 spiro atoms. The molecule has 33 heavy (non-hydrogen) atoms. The Kier molecular flexibility index (Phi) is 6.47. The fourth-order valence-electron chi connectivity index (χ4n) is 4.11. The maximum Gasteiger partial charge on any atom is 0.257 e. The van der Waals surface area contributed by atoms with Crippen LogP contribution in [-0.4, -0.2) is 36.3 Å². The van der Waals surface area contributed by atoms with Crippen molar-refractivity contribution in [3.8, 4) is 11.5 Å². The van der Waals surface area contributed by atoms with E-state index in [1.54, 1.807) is 42.3 Å². The summed E-state index contributed by atoms with van der Waals surface area (Å²) in [5.41, 5.74) is 7.63. The molecule has 8 nitrogen and oxygen atoms in total. The number of carbonyl (C=O) groups is 3. The lowest BCUT2D eigenvalue weighted by atomic mass is 10.0. The monoisotopic (exact) mass is 471 g/mol. The van der Waals surface area contributed by atoms with Crippen molar-refractivity contribution in [2.24, 2.45) is 11.7 Å². The number of nitrogens with one attached hydrogen (secondary N) is 1. The molecule has 0 saturated heterocycles. The number of carbonyl (C=O) groups excluding carboxylic acids is 3. The number of rotatable bonds is 9. The van der Waals surface area contributed by atoms with Crippen molar-refractivity contribution < 1.29 is 23.9 Å². The second-order valence-corrected chi connectivity index (χ2v) is 8.58. The van der Waals surface area contributed by atoms with Crippen LogP contribution >= 0.6 is 11.6 Å². The number of nitrogens with zero attached hydrogens (tertiary/aromatic N) is 1. The summed E-state index contributed by atoms with van der Waals surface area (Å²) in [6, 6.07) is 7.94. The summed E-state index contributed by atoms with van der Waals surface area (Å²) in [5.74, 6) is 0.0671. The van der Waals surface area contributed by atoms with E-state index in [9.17, 15) is 14.4 Å². The number of anilines is 1. The van der Waals surface area contributed by atoms with Crippen molar-refractivity contribution in [1.29, 1.82) is 0 Å². The fraction of sp³-hybridized carbons (Fsp3) is 0.375. The Hall–Kier alpha value is -3.26. The van der Waals surface area contributed by atoms with Crippen LogP contribution in [0.4, 0.5) is 5.69 Å². The maximum atomic E-state index is 13.6. The highest BCUT2D eigenvalue weighted by atomic mass is 35.5. The van der Waals surface area contributed by atoms with E-state index in [0.29, 0.717) is 45.5 Å². The minimum absolute atomic E-state index is 0.0113. The predicted octanol–water partition coefficient (Wildman–Crippen LogP) is 3.67. The van der Waals surface area contributed by atoms with Gasteiger partial charge in [0.1, 0.15) is 0 Å². The Morgan fingerprint density at radius 1 is 1.24 bits per heavy atom. The SMILES string of the molecule is CCOc1cc(C(CC(N)=O)N2Cc3c(Cl)ccc(NC(=O)C4CC4)c3C2=O)ccc1OC. The molecule has 3 amide bonds. The summed E-state index contributed by atoms with van der Waals surface area (Å²) in [5, 5.41) is 3.29. The molecule has 1 fully saturated rings. The average molecular weight is 472 g/mol. The van der Waals surface area contributed by atoms with Crippen LogP contribution < -0.4 is 20.5 Å². The van der Waals surface area contributed by atoms with Crippen LogP contribution in [0.2, 0.25) is 5.02 Å². The van der Waals surface area contributed by atoms with E-state index in [1.165, 1.54) is 0 Å². The topological polar surface area (TPSA) is 111 Å². The average Bonchev–Trinajstić information content (AvgIpc) is 3.58. The summed E-state index contributed by atoms with van der Waals surface area (Å²) in [4.78, 5) is 39.4. The van der Waals surface area contributed by atoms with E-state index in [1.807, 2.05) is 6.92 Å². The standard InChI is InChI=1S/C24H26ClN3O5/c1-3-33-20-10-14(6-9-19(20)32-2)18(11-21(26)29)28-12-15-16(25)7-8-17(22(15)24(28)31)27-23(30)13-4-5-13/h6-10,13,18H,3-5,11-12H2,1-2H3,(H2,26,29)(H,27,30). The van der Waals surface area contributed by atoms with Gasteiger partial charge >= 0.3 is 0 Å². The van der Waals surface area contributed by atoms with Gasteiger partial charge in [-0.1, -0.05) is 17.7 Å². The van der Waals surface area contributed by atoms with E-state index in [0.717, 1.165) is 12.8 Å². The molecule has 1 saturated carbocycles. The van der Waals surface area contributed by atoms with Gasteiger partial charge in [-0.05, 0) is 49.6 Å². The van der Waals surface area contributed by atoms with Gasteiger partial charge in [0.25, 0.3) is 5.91 Å². The molecule has 0 aromatic heterocycles. The fourth-order valence-corrected chi connectivity index (χ4v) is 4.33. The number of halogens is 1. The summed E-state index contributed by atoms with van der Waals surface area (Å²) in [6.07, 6.45) is 1.61. The van der Waals surface area contributed by atoms with E-state index in [-0.39, 0.29) is 30.7 Å². The van der Waals surface area contributed by atoms with Crippen LogP contribution in [0.15, 0.2) is 30.3 Å². The van der Waals surface area contributed by atoms with Gasteiger partial charge in [0, 0.05) is 23.0 Å². The smallest absolute Gasteiger partial charge is 0.257 e. The Labute approximate surface area is 197 Å². The zero-order valence-electron chi connectivity index (χ0n) is 18.5. The van der Waals surface area contributed by atoms with Crippen LogP contribution in [0.3, 0.4) is 0 Å². The molecule has 1 unspecified atom stereocenters. The maximum absolute atomic E-state index is 13.6. The summed E-state index contributed by atoms with van der Waals surface area (Å²) >= 11 is 6.43. The summed E-state index contributed by atoms with van der Waals surface area (Å²) < 4.78 is 11.0. The van der Waals surface area contributed by atoms with Crippen molar-refractivity contribution in [1.82, 2.24) is 4.90 Å². The number of nitrogens with two attached hydrogens (primary N) is 1. The Balaban J connectivity index is 1.71. The second kappa shape index (κ2) is 9.31. The van der Waals surface area contributed by atoms with Gasteiger partial charge in [0.2, 0.25) is 11.8 Å². The van der Waals surface area contributed by atoms with E-state index in [2.05, 4.69) is 5.32 Å². The first-order chi connectivity index (χ1) is 15.8. The third-order valence-corrected chi connectivity index (χ3v) is 6.26. The van der Waals surface area contributed by atoms with Crippen molar-refractivity contribution in [2.75, 3.05) is 19.0 Å². The molecule has 1 atom stereocenters. The molecule has 4 rings (SSSR count). The number of primary amides is 1. The molecular weight excluding hydrogens is 446 g/mol. The largest absolute Gasteiger partial charge is 0.493 e. The first-order valence-corrected chi connectivity index (χ1v) is 11.2. The van der Waals surface area contributed by atoms with Gasteiger partial charge in [0.05, 0.1) is 37.4 Å². The molecule has 2 aliphatic rings. The number of benzene rings is 2. The van der Waals surface area contributed by atoms with Gasteiger partial charge in [0.15, 0.2) is 11.5 Å². The number of hydrogen-bond acceptors (Lipinski definition) is 5. The molecule has 9 heteroatoms. The van der Waals surface area contributed by atoms with Crippen LogP contribution in [0.1, 0.15) is 53.7 Å². The van der Waals surface area contributed by atoms with Crippen LogP contribution in [0.5, 0.6) is 11.5 Å². The molecule has 0 bridgehead atoms. The molecule has 1 heterocycles. The zero-order valence-corrected chi connectivity index (χ0v) is 19.3. The second-order valence-electron chi connectivity index (χ2n) is 8.17. The molecular formula is C24H26ClN3O5. The lowest BCUT2D eigenvalue weighted by Crippen LogP contribution is -2.32. The van der Waals surface area contributed by atoms with Crippen LogP contribution in [0, 0.1) is 5.92 Å². The third-order valence-electron chi connectivity index (χ3n) is 5.91.